The number of hydrogen-bond donors (Lipinski definition) is 0. The molecular formula is C26H43NO4Si. The van der Waals surface area contributed by atoms with Gasteiger partial charge in [0.1, 0.15) is 0 Å². The molecule has 3 rings (SSSR count). The lowest BCUT2D eigenvalue weighted by Crippen LogP contribution is -2.44. The molecule has 0 aromatic carbocycles. The van der Waals surface area contributed by atoms with Crippen LogP contribution in [0, 0.1) is 12.3 Å². The second-order valence-corrected chi connectivity index (χ2v) is 16.6. The van der Waals surface area contributed by atoms with Crippen molar-refractivity contribution in [3.05, 3.63) is 28.1 Å². The van der Waals surface area contributed by atoms with Crippen LogP contribution in [-0.4, -0.2) is 39.1 Å². The highest BCUT2D eigenvalue weighted by Crippen LogP contribution is 2.49. The van der Waals surface area contributed by atoms with Gasteiger partial charge in [-0.05, 0) is 68.6 Å². The first-order valence-corrected chi connectivity index (χ1v) is 15.1. The molecular weight excluding hydrogens is 418 g/mol. The Hall–Kier alpha value is -1.24. The van der Waals surface area contributed by atoms with Gasteiger partial charge in [-0.1, -0.05) is 34.6 Å². The summed E-state index contributed by atoms with van der Waals surface area (Å²) >= 11 is 0. The Morgan fingerprint density at radius 1 is 1.22 bits per heavy atom. The Balaban J connectivity index is 2.17. The van der Waals surface area contributed by atoms with Crippen LogP contribution in [0.25, 0.3) is 0 Å². The van der Waals surface area contributed by atoms with Crippen LogP contribution in [0.1, 0.15) is 106 Å². The van der Waals surface area contributed by atoms with Crippen LogP contribution in [0.3, 0.4) is 0 Å². The Morgan fingerprint density at radius 3 is 2.41 bits per heavy atom. The van der Waals surface area contributed by atoms with Gasteiger partial charge in [0.15, 0.2) is 8.32 Å². The van der Waals surface area contributed by atoms with Gasteiger partial charge in [0.05, 0.1) is 24.0 Å². The van der Waals surface area contributed by atoms with Gasteiger partial charge >= 0.3 is 5.97 Å². The molecule has 5 nitrogen and oxygen atoms in total. The lowest BCUT2D eigenvalue weighted by Gasteiger charge is -2.45. The van der Waals surface area contributed by atoms with E-state index in [9.17, 15) is 4.79 Å². The highest BCUT2D eigenvalue weighted by atomic mass is 28.4. The topological polar surface area (TPSA) is 57.7 Å². The number of rotatable bonds is 5. The van der Waals surface area contributed by atoms with Crippen LogP contribution in [-0.2, 0) is 20.3 Å². The van der Waals surface area contributed by atoms with E-state index < -0.39 is 8.32 Å². The first-order chi connectivity index (χ1) is 14.8. The van der Waals surface area contributed by atoms with Crippen LogP contribution in [0.15, 0.2) is 0 Å². The van der Waals surface area contributed by atoms with Gasteiger partial charge in [0.25, 0.3) is 0 Å². The number of pyridine rings is 1. The monoisotopic (exact) mass is 461 g/mol. The molecule has 180 valence electrons. The maximum absolute atomic E-state index is 13.2. The van der Waals surface area contributed by atoms with Gasteiger partial charge in [-0.15, -0.1) is 0 Å². The number of nitrogens with zero attached hydrogens (tertiary/aromatic N) is 1. The van der Waals surface area contributed by atoms with E-state index in [0.717, 1.165) is 48.2 Å². The number of ether oxygens (including phenoxy) is 2. The minimum Gasteiger partial charge on any atom is -0.462 e. The van der Waals surface area contributed by atoms with Crippen molar-refractivity contribution in [2.24, 2.45) is 5.41 Å². The smallest absolute Gasteiger partial charge is 0.340 e. The maximum atomic E-state index is 13.2. The minimum absolute atomic E-state index is 0.0425. The molecule has 0 N–H and O–H groups in total. The lowest BCUT2D eigenvalue weighted by molar-refractivity contribution is 0.0515. The van der Waals surface area contributed by atoms with Crippen LogP contribution < -0.4 is 0 Å². The maximum Gasteiger partial charge on any atom is 0.340 e. The number of fused-ring (bicyclic) bond motifs is 1. The van der Waals surface area contributed by atoms with E-state index >= 15 is 0 Å². The molecule has 0 spiro atoms. The molecule has 1 aliphatic carbocycles. The van der Waals surface area contributed by atoms with Crippen molar-refractivity contribution < 1.29 is 18.7 Å². The van der Waals surface area contributed by atoms with Crippen LogP contribution >= 0.6 is 0 Å². The van der Waals surface area contributed by atoms with Crippen molar-refractivity contribution in [1.82, 2.24) is 4.98 Å². The van der Waals surface area contributed by atoms with E-state index in [2.05, 4.69) is 54.6 Å². The molecule has 1 fully saturated rings. The summed E-state index contributed by atoms with van der Waals surface area (Å²) in [5.74, 6) is -0.0188. The molecule has 0 bridgehead atoms. The largest absolute Gasteiger partial charge is 0.462 e. The number of aromatic nitrogens is 1. The molecule has 0 radical (unpaired) electrons. The summed E-state index contributed by atoms with van der Waals surface area (Å²) in [7, 11) is -2.01. The summed E-state index contributed by atoms with van der Waals surface area (Å²) in [6.45, 7) is 21.8. The summed E-state index contributed by atoms with van der Waals surface area (Å²) in [5.41, 5.74) is 4.92. The van der Waals surface area contributed by atoms with E-state index in [1.54, 1.807) is 0 Å². The molecule has 2 heterocycles. The van der Waals surface area contributed by atoms with Gasteiger partial charge in [0.2, 0.25) is 0 Å². The fraction of sp³-hybridized carbons (Fsp3) is 0.769. The average Bonchev–Trinajstić information content (AvgIpc) is 2.66. The molecule has 1 aromatic rings. The summed E-state index contributed by atoms with van der Waals surface area (Å²) in [6, 6.07) is 0. The zero-order valence-electron chi connectivity index (χ0n) is 21.7. The molecule has 1 aliphatic heterocycles. The van der Waals surface area contributed by atoms with Crippen molar-refractivity contribution in [3.63, 3.8) is 0 Å². The number of carbonyl (C=O) groups excluding carboxylic acids is 1. The quantitative estimate of drug-likeness (QED) is 0.370. The summed E-state index contributed by atoms with van der Waals surface area (Å²) in [6.07, 6.45) is 3.59. The van der Waals surface area contributed by atoms with Crippen molar-refractivity contribution in [2.45, 2.75) is 104 Å². The van der Waals surface area contributed by atoms with Crippen molar-refractivity contribution in [1.29, 1.82) is 0 Å². The second kappa shape index (κ2) is 9.19. The molecule has 1 aromatic heterocycles. The molecule has 6 heteroatoms. The molecule has 1 atom stereocenters. The zero-order valence-corrected chi connectivity index (χ0v) is 22.7. The van der Waals surface area contributed by atoms with Gasteiger partial charge in [-0.3, -0.25) is 4.98 Å². The fourth-order valence-corrected chi connectivity index (χ4v) is 6.12. The fourth-order valence-electron chi connectivity index (χ4n) is 4.86. The summed E-state index contributed by atoms with van der Waals surface area (Å²) in [5, 5.41) is 0.113. The first kappa shape index (κ1) is 25.4. The van der Waals surface area contributed by atoms with Crippen molar-refractivity contribution >= 4 is 14.3 Å². The number of carbonyl (C=O) groups is 1. The second-order valence-electron chi connectivity index (χ2n) is 11.9. The first-order valence-electron chi connectivity index (χ1n) is 12.2. The van der Waals surface area contributed by atoms with E-state index in [0.29, 0.717) is 25.4 Å². The Labute approximate surface area is 195 Å². The minimum atomic E-state index is -2.01. The molecule has 32 heavy (non-hydrogen) atoms. The van der Waals surface area contributed by atoms with Crippen molar-refractivity contribution in [2.75, 3.05) is 19.8 Å². The third kappa shape index (κ3) is 5.12. The highest BCUT2D eigenvalue weighted by Gasteiger charge is 2.44. The predicted octanol–water partition coefficient (Wildman–Crippen LogP) is 6.50. The molecule has 0 saturated carbocycles. The third-order valence-electron chi connectivity index (χ3n) is 7.64. The third-order valence-corrected chi connectivity index (χ3v) is 12.1. The molecule has 0 amide bonds. The van der Waals surface area contributed by atoms with Gasteiger partial charge < -0.3 is 13.9 Å². The highest BCUT2D eigenvalue weighted by molar-refractivity contribution is 6.74. The predicted molar refractivity (Wildman–Crippen MR) is 131 cm³/mol. The van der Waals surface area contributed by atoms with Crippen LogP contribution in [0.2, 0.25) is 18.1 Å². The molecule has 1 unspecified atom stereocenters. The zero-order chi connectivity index (χ0) is 23.9. The van der Waals surface area contributed by atoms with Gasteiger partial charge in [-0.25, -0.2) is 4.79 Å². The van der Waals surface area contributed by atoms with E-state index in [1.165, 1.54) is 0 Å². The van der Waals surface area contributed by atoms with Crippen LogP contribution in [0.4, 0.5) is 0 Å². The Morgan fingerprint density at radius 2 is 1.84 bits per heavy atom. The SMILES string of the molecule is CCOC(=O)c1c(C2CCOCC2)nc2c(c1C)C(O[Si](C)(C)C(C)(C)C)CC(C)(C)C2. The number of hydrogen-bond acceptors (Lipinski definition) is 5. The molecule has 2 aliphatic rings. The van der Waals surface area contributed by atoms with E-state index in [4.69, 9.17) is 18.9 Å². The van der Waals surface area contributed by atoms with E-state index in [-0.39, 0.29) is 28.4 Å². The average molecular weight is 462 g/mol. The summed E-state index contributed by atoms with van der Waals surface area (Å²) < 4.78 is 18.1. The lowest BCUT2D eigenvalue weighted by atomic mass is 9.73. The van der Waals surface area contributed by atoms with Gasteiger partial charge in [-0.2, -0.15) is 0 Å². The molecule has 1 saturated heterocycles. The number of esters is 1. The Kier molecular flexibility index (Phi) is 7.29. The van der Waals surface area contributed by atoms with Crippen molar-refractivity contribution in [3.8, 4) is 0 Å². The van der Waals surface area contributed by atoms with E-state index in [1.807, 2.05) is 6.92 Å². The standard InChI is InChI=1S/C26H43NO4Si/c1-10-30-24(28)22-17(2)21-19(27-23(22)18-11-13-29-14-12-18)15-26(6,7)16-20(21)31-32(8,9)25(3,4)5/h18,20H,10-16H2,1-9H3. The summed E-state index contributed by atoms with van der Waals surface area (Å²) in [4.78, 5) is 18.4. The van der Waals surface area contributed by atoms with Crippen LogP contribution in [0.5, 0.6) is 0 Å². The Bertz CT molecular complexity index is 850. The van der Waals surface area contributed by atoms with Gasteiger partial charge in [0, 0.05) is 30.4 Å². The normalized spacial score (nSPS) is 21.8.